The second kappa shape index (κ2) is 9.16. The van der Waals surface area contributed by atoms with Crippen LogP contribution in [0.25, 0.3) is 33.3 Å². The lowest BCUT2D eigenvalue weighted by Crippen LogP contribution is -1.93. The van der Waals surface area contributed by atoms with Crippen LogP contribution in [0.15, 0.2) is 103 Å². The molecule has 0 aliphatic carbocycles. The van der Waals surface area contributed by atoms with Crippen molar-refractivity contribution in [2.45, 2.75) is 12.8 Å². The van der Waals surface area contributed by atoms with Gasteiger partial charge in [-0.1, -0.05) is 96.0 Å². The van der Waals surface area contributed by atoms with E-state index in [4.69, 9.17) is 28.2 Å². The summed E-state index contributed by atoms with van der Waals surface area (Å²) in [5, 5.41) is 2.53. The molecule has 5 rings (SSSR count). The first-order valence-corrected chi connectivity index (χ1v) is 11.4. The highest BCUT2D eigenvalue weighted by Crippen LogP contribution is 2.32. The standard InChI is InChI=1S/C29H21Cl2N/c30-24-16-21(17-25(31)18-24)11-10-20-12-14-23(15-13-20)29-19-27(22-6-2-1-3-7-22)26-8-4-5-9-28(26)32-29/h1-9,12-19H,10-11H2. The Bertz CT molecular complexity index is 1360. The van der Waals surface area contributed by atoms with Crippen LogP contribution in [0.3, 0.4) is 0 Å². The van der Waals surface area contributed by atoms with Crippen molar-refractivity contribution in [1.29, 1.82) is 0 Å². The fraction of sp³-hybridized carbons (Fsp3) is 0.0690. The first-order chi connectivity index (χ1) is 15.7. The van der Waals surface area contributed by atoms with Crippen LogP contribution in [-0.2, 0) is 12.8 Å². The Balaban J connectivity index is 1.44. The summed E-state index contributed by atoms with van der Waals surface area (Å²) in [6.07, 6.45) is 1.82. The number of aryl methyl sites for hydroxylation is 2. The summed E-state index contributed by atoms with van der Waals surface area (Å²) >= 11 is 12.3. The molecule has 0 fully saturated rings. The molecule has 0 atom stereocenters. The molecule has 0 aliphatic heterocycles. The number of hydrogen-bond donors (Lipinski definition) is 0. The highest BCUT2D eigenvalue weighted by atomic mass is 35.5. The first-order valence-electron chi connectivity index (χ1n) is 10.7. The molecule has 5 aromatic rings. The lowest BCUT2D eigenvalue weighted by Gasteiger charge is -2.11. The fourth-order valence-corrected chi connectivity index (χ4v) is 4.64. The van der Waals surface area contributed by atoms with Gasteiger partial charge < -0.3 is 0 Å². The predicted octanol–water partition coefficient (Wildman–Crippen LogP) is 8.66. The van der Waals surface area contributed by atoms with Crippen molar-refractivity contribution in [2.75, 3.05) is 0 Å². The number of aromatic nitrogens is 1. The first kappa shape index (κ1) is 20.8. The number of fused-ring (bicyclic) bond motifs is 1. The van der Waals surface area contributed by atoms with Gasteiger partial charge in [0, 0.05) is 21.0 Å². The normalized spacial score (nSPS) is 11.1. The van der Waals surface area contributed by atoms with Gasteiger partial charge in [-0.15, -0.1) is 0 Å². The van der Waals surface area contributed by atoms with Gasteiger partial charge in [0.2, 0.25) is 0 Å². The van der Waals surface area contributed by atoms with Gasteiger partial charge >= 0.3 is 0 Å². The Hall–Kier alpha value is -3.13. The Morgan fingerprint density at radius 1 is 0.562 bits per heavy atom. The van der Waals surface area contributed by atoms with Crippen LogP contribution in [0, 0.1) is 0 Å². The van der Waals surface area contributed by atoms with Crippen molar-refractivity contribution < 1.29 is 0 Å². The van der Waals surface area contributed by atoms with E-state index in [1.807, 2.05) is 24.3 Å². The number of para-hydroxylation sites is 1. The lowest BCUT2D eigenvalue weighted by atomic mass is 9.97. The summed E-state index contributed by atoms with van der Waals surface area (Å²) in [6, 6.07) is 35.4. The van der Waals surface area contributed by atoms with E-state index in [2.05, 4.69) is 72.8 Å². The molecule has 0 aliphatic rings. The number of hydrogen-bond acceptors (Lipinski definition) is 1. The van der Waals surface area contributed by atoms with Crippen LogP contribution in [0.4, 0.5) is 0 Å². The van der Waals surface area contributed by atoms with Gasteiger partial charge in [0.1, 0.15) is 0 Å². The minimum atomic E-state index is 0.680. The summed E-state index contributed by atoms with van der Waals surface area (Å²) in [5.41, 5.74) is 7.92. The van der Waals surface area contributed by atoms with Gasteiger partial charge in [0.25, 0.3) is 0 Å². The molecule has 0 amide bonds. The monoisotopic (exact) mass is 453 g/mol. The summed E-state index contributed by atoms with van der Waals surface area (Å²) in [7, 11) is 0. The van der Waals surface area contributed by atoms with E-state index in [9.17, 15) is 0 Å². The van der Waals surface area contributed by atoms with Crippen LogP contribution in [0.5, 0.6) is 0 Å². The van der Waals surface area contributed by atoms with Gasteiger partial charge in [-0.2, -0.15) is 0 Å². The minimum absolute atomic E-state index is 0.680. The van der Waals surface area contributed by atoms with E-state index in [0.29, 0.717) is 10.0 Å². The predicted molar refractivity (Wildman–Crippen MR) is 136 cm³/mol. The van der Waals surface area contributed by atoms with Gasteiger partial charge in [0.15, 0.2) is 0 Å². The number of pyridine rings is 1. The lowest BCUT2D eigenvalue weighted by molar-refractivity contribution is 0.960. The molecule has 0 saturated carbocycles. The molecule has 0 spiro atoms. The molecular weight excluding hydrogens is 433 g/mol. The molecule has 1 nitrogen and oxygen atoms in total. The molecule has 0 unspecified atom stereocenters. The van der Waals surface area contributed by atoms with Crippen LogP contribution in [0.1, 0.15) is 11.1 Å². The van der Waals surface area contributed by atoms with Gasteiger partial charge in [-0.05, 0) is 65.4 Å². The average Bonchev–Trinajstić information content (AvgIpc) is 2.82. The molecule has 1 aromatic heterocycles. The quantitative estimate of drug-likeness (QED) is 0.259. The molecule has 0 saturated heterocycles. The van der Waals surface area contributed by atoms with Crippen LogP contribution in [-0.4, -0.2) is 4.98 Å². The van der Waals surface area contributed by atoms with Crippen molar-refractivity contribution >= 4 is 34.1 Å². The molecule has 0 radical (unpaired) electrons. The molecular formula is C29H21Cl2N. The van der Waals surface area contributed by atoms with Gasteiger partial charge in [-0.25, -0.2) is 4.98 Å². The third-order valence-electron chi connectivity index (χ3n) is 5.68. The van der Waals surface area contributed by atoms with Crippen molar-refractivity contribution in [3.8, 4) is 22.4 Å². The summed E-state index contributed by atoms with van der Waals surface area (Å²) in [5.74, 6) is 0. The molecule has 156 valence electrons. The third kappa shape index (κ3) is 4.55. The molecule has 32 heavy (non-hydrogen) atoms. The van der Waals surface area contributed by atoms with Gasteiger partial charge in [0.05, 0.1) is 11.2 Å². The van der Waals surface area contributed by atoms with Gasteiger partial charge in [-0.3, -0.25) is 0 Å². The number of halogens is 2. The SMILES string of the molecule is Clc1cc(Cl)cc(CCc2ccc(-c3cc(-c4ccccc4)c4ccccc4n3)cc2)c1. The van der Waals surface area contributed by atoms with Crippen molar-refractivity contribution in [3.05, 3.63) is 124 Å². The Morgan fingerprint density at radius 2 is 1.22 bits per heavy atom. The molecule has 3 heteroatoms. The van der Waals surface area contributed by atoms with E-state index in [1.165, 1.54) is 22.1 Å². The van der Waals surface area contributed by atoms with Crippen LogP contribution >= 0.6 is 23.2 Å². The Labute approximate surface area is 198 Å². The number of nitrogens with zero attached hydrogens (tertiary/aromatic N) is 1. The van der Waals surface area contributed by atoms with Crippen molar-refractivity contribution in [3.63, 3.8) is 0 Å². The Morgan fingerprint density at radius 3 is 1.97 bits per heavy atom. The Kier molecular flexibility index (Phi) is 5.94. The highest BCUT2D eigenvalue weighted by Gasteiger charge is 2.09. The summed E-state index contributed by atoms with van der Waals surface area (Å²) in [4.78, 5) is 4.94. The maximum absolute atomic E-state index is 6.13. The maximum Gasteiger partial charge on any atom is 0.0715 e. The van der Waals surface area contributed by atoms with E-state index < -0.39 is 0 Å². The summed E-state index contributed by atoms with van der Waals surface area (Å²) in [6.45, 7) is 0. The zero-order chi connectivity index (χ0) is 21.9. The van der Waals surface area contributed by atoms with E-state index >= 15 is 0 Å². The topological polar surface area (TPSA) is 12.9 Å². The summed E-state index contributed by atoms with van der Waals surface area (Å²) < 4.78 is 0. The number of benzene rings is 4. The molecule has 0 N–H and O–H groups in total. The molecule has 1 heterocycles. The largest absolute Gasteiger partial charge is 0.248 e. The van der Waals surface area contributed by atoms with Crippen molar-refractivity contribution in [2.24, 2.45) is 0 Å². The fourth-order valence-electron chi connectivity index (χ4n) is 4.07. The molecule has 0 bridgehead atoms. The van der Waals surface area contributed by atoms with Crippen LogP contribution < -0.4 is 0 Å². The zero-order valence-electron chi connectivity index (χ0n) is 17.4. The van der Waals surface area contributed by atoms with Crippen LogP contribution in [0.2, 0.25) is 10.0 Å². The minimum Gasteiger partial charge on any atom is -0.248 e. The highest BCUT2D eigenvalue weighted by molar-refractivity contribution is 6.34. The third-order valence-corrected chi connectivity index (χ3v) is 6.11. The zero-order valence-corrected chi connectivity index (χ0v) is 18.9. The van der Waals surface area contributed by atoms with E-state index in [0.717, 1.165) is 35.2 Å². The molecule has 4 aromatic carbocycles. The van der Waals surface area contributed by atoms with Crippen molar-refractivity contribution in [1.82, 2.24) is 4.98 Å². The second-order valence-electron chi connectivity index (χ2n) is 7.91. The smallest absolute Gasteiger partial charge is 0.0715 e. The van der Waals surface area contributed by atoms with E-state index in [1.54, 1.807) is 6.07 Å². The average molecular weight is 454 g/mol. The van der Waals surface area contributed by atoms with E-state index in [-0.39, 0.29) is 0 Å². The number of rotatable bonds is 5. The second-order valence-corrected chi connectivity index (χ2v) is 8.79. The maximum atomic E-state index is 6.13.